The van der Waals surface area contributed by atoms with Gasteiger partial charge in [0.1, 0.15) is 4.83 Å². The number of ether oxygens (including phenoxy) is 1. The molecule has 9 heteroatoms. The molecule has 1 atom stereocenters. The zero-order valence-electron chi connectivity index (χ0n) is 16.9. The van der Waals surface area contributed by atoms with Gasteiger partial charge in [0.25, 0.3) is 0 Å². The lowest BCUT2D eigenvalue weighted by Gasteiger charge is -2.26. The molecule has 0 amide bonds. The first-order chi connectivity index (χ1) is 14.5. The molecule has 1 aliphatic heterocycles. The lowest BCUT2D eigenvalue weighted by Crippen LogP contribution is -2.26. The van der Waals surface area contributed by atoms with E-state index in [9.17, 15) is 0 Å². The Labute approximate surface area is 196 Å². The van der Waals surface area contributed by atoms with Crippen LogP contribution in [0, 0.1) is 5.92 Å². The van der Waals surface area contributed by atoms with Gasteiger partial charge in [-0.25, -0.2) is 9.38 Å². The number of hydrogen-bond acceptors (Lipinski definition) is 7. The Kier molecular flexibility index (Phi) is 5.83. The first-order valence-corrected chi connectivity index (χ1v) is 13.6. The lowest BCUT2D eigenvalue weighted by molar-refractivity contribution is 0.00203. The van der Waals surface area contributed by atoms with E-state index in [1.54, 1.807) is 34.9 Å². The van der Waals surface area contributed by atoms with Crippen molar-refractivity contribution in [1.29, 1.82) is 0 Å². The van der Waals surface area contributed by atoms with Crippen molar-refractivity contribution in [1.82, 2.24) is 19.6 Å². The minimum atomic E-state index is 0.241. The Morgan fingerprint density at radius 3 is 2.77 bits per heavy atom. The quantitative estimate of drug-likeness (QED) is 0.230. The highest BCUT2D eigenvalue weighted by Crippen LogP contribution is 2.40. The van der Waals surface area contributed by atoms with E-state index in [1.807, 2.05) is 0 Å². The maximum Gasteiger partial charge on any atom is 0.198 e. The Hall–Kier alpha value is -1.13. The predicted octanol–water partition coefficient (Wildman–Crippen LogP) is 6.21. The summed E-state index contributed by atoms with van der Waals surface area (Å²) in [6, 6.07) is 8.41. The molecule has 5 rings (SSSR count). The predicted molar refractivity (Wildman–Crippen MR) is 129 cm³/mol. The second-order valence-electron chi connectivity index (χ2n) is 7.64. The third-order valence-electron chi connectivity index (χ3n) is 5.36. The summed E-state index contributed by atoms with van der Waals surface area (Å²) in [5, 5.41) is 12.2. The summed E-state index contributed by atoms with van der Waals surface area (Å²) in [5.41, 5.74) is 3.52. The SMILES string of the molecule is CSc1nc2sc3c(c2c2nnc(SCc4ccc(Br)cc4)n12)C[C@@H](C(C)C)OC3. The van der Waals surface area contributed by atoms with Gasteiger partial charge in [0.05, 0.1) is 18.1 Å². The van der Waals surface area contributed by atoms with Crippen molar-refractivity contribution in [3.8, 4) is 0 Å². The van der Waals surface area contributed by atoms with Crippen molar-refractivity contribution in [2.45, 2.75) is 49.0 Å². The van der Waals surface area contributed by atoms with Crippen molar-refractivity contribution in [3.05, 3.63) is 44.7 Å². The molecule has 3 aromatic heterocycles. The molecule has 0 aliphatic carbocycles. The van der Waals surface area contributed by atoms with Crippen LogP contribution < -0.4 is 0 Å². The van der Waals surface area contributed by atoms with E-state index >= 15 is 0 Å². The Morgan fingerprint density at radius 2 is 2.03 bits per heavy atom. The third kappa shape index (κ3) is 3.68. The van der Waals surface area contributed by atoms with Gasteiger partial charge in [-0.1, -0.05) is 65.4 Å². The molecule has 1 aliphatic rings. The van der Waals surface area contributed by atoms with Crippen molar-refractivity contribution >= 4 is 66.7 Å². The van der Waals surface area contributed by atoms with E-state index < -0.39 is 0 Å². The maximum atomic E-state index is 6.09. The highest BCUT2D eigenvalue weighted by Gasteiger charge is 2.28. The van der Waals surface area contributed by atoms with E-state index in [2.05, 4.69) is 74.9 Å². The van der Waals surface area contributed by atoms with Crippen LogP contribution in [0.4, 0.5) is 0 Å². The zero-order chi connectivity index (χ0) is 20.8. The number of nitrogens with zero attached hydrogens (tertiary/aromatic N) is 4. The van der Waals surface area contributed by atoms with Crippen LogP contribution >= 0.6 is 50.8 Å². The monoisotopic (exact) mass is 520 g/mol. The van der Waals surface area contributed by atoms with Crippen molar-refractivity contribution < 1.29 is 4.74 Å². The summed E-state index contributed by atoms with van der Waals surface area (Å²) in [4.78, 5) is 7.31. The summed E-state index contributed by atoms with van der Waals surface area (Å²) in [6.45, 7) is 5.11. The third-order valence-corrected chi connectivity index (χ3v) is 8.63. The van der Waals surface area contributed by atoms with Gasteiger partial charge < -0.3 is 4.74 Å². The number of hydrogen-bond donors (Lipinski definition) is 0. The van der Waals surface area contributed by atoms with Crippen molar-refractivity contribution in [2.24, 2.45) is 5.92 Å². The molecule has 5 nitrogen and oxygen atoms in total. The Bertz CT molecular complexity index is 1220. The van der Waals surface area contributed by atoms with Gasteiger partial charge in [0, 0.05) is 21.5 Å². The minimum absolute atomic E-state index is 0.241. The number of thiophene rings is 1. The van der Waals surface area contributed by atoms with Crippen LogP contribution in [0.15, 0.2) is 39.1 Å². The van der Waals surface area contributed by atoms with Gasteiger partial charge in [-0.2, -0.15) is 0 Å². The Balaban J connectivity index is 1.58. The fraction of sp³-hybridized carbons (Fsp3) is 0.381. The first kappa shape index (κ1) is 20.8. The summed E-state index contributed by atoms with van der Waals surface area (Å²) in [7, 11) is 0. The maximum absolute atomic E-state index is 6.09. The number of halogens is 1. The first-order valence-electron chi connectivity index (χ1n) is 9.77. The molecule has 156 valence electrons. The molecule has 30 heavy (non-hydrogen) atoms. The summed E-state index contributed by atoms with van der Waals surface area (Å²) < 4.78 is 9.31. The summed E-state index contributed by atoms with van der Waals surface area (Å²) >= 11 is 8.57. The van der Waals surface area contributed by atoms with E-state index in [1.165, 1.54) is 16.0 Å². The molecule has 0 N–H and O–H groups in total. The van der Waals surface area contributed by atoms with Crippen molar-refractivity contribution in [3.63, 3.8) is 0 Å². The molecule has 1 aromatic carbocycles. The van der Waals surface area contributed by atoms with Gasteiger partial charge in [0.15, 0.2) is 16.0 Å². The average Bonchev–Trinajstić information content (AvgIpc) is 3.33. The standard InChI is InChI=1S/C21H21BrN4OS3/c1-11(2)15-8-14-16(9-27-15)30-19-17(14)18-24-25-21(26(18)20(23-19)28-3)29-10-12-4-6-13(22)7-5-12/h4-7,11,15H,8-10H2,1-3H3/t15-/m0/s1. The topological polar surface area (TPSA) is 52.3 Å². The number of rotatable bonds is 5. The van der Waals surface area contributed by atoms with E-state index in [-0.39, 0.29) is 6.10 Å². The molecule has 0 fully saturated rings. The summed E-state index contributed by atoms with van der Waals surface area (Å²) in [6.07, 6.45) is 3.21. The van der Waals surface area contributed by atoms with Crippen LogP contribution in [-0.2, 0) is 23.5 Å². The van der Waals surface area contributed by atoms with Crippen LogP contribution in [-0.4, -0.2) is 31.9 Å². The largest absolute Gasteiger partial charge is 0.372 e. The fourth-order valence-corrected chi connectivity index (χ4v) is 6.64. The molecule has 0 saturated heterocycles. The molecule has 0 saturated carbocycles. The van der Waals surface area contributed by atoms with Crippen molar-refractivity contribution in [2.75, 3.05) is 6.26 Å². The lowest BCUT2D eigenvalue weighted by atomic mass is 9.96. The molecule has 4 aromatic rings. The molecular weight excluding hydrogens is 500 g/mol. The van der Waals surface area contributed by atoms with E-state index in [0.29, 0.717) is 12.5 Å². The normalized spacial score (nSPS) is 16.6. The molecule has 0 spiro atoms. The van der Waals surface area contributed by atoms with E-state index in [4.69, 9.17) is 9.72 Å². The van der Waals surface area contributed by atoms with Gasteiger partial charge in [-0.05, 0) is 35.4 Å². The van der Waals surface area contributed by atoms with Crippen LogP contribution in [0.5, 0.6) is 0 Å². The fourth-order valence-electron chi connectivity index (χ4n) is 3.71. The molecule has 0 unspecified atom stereocenters. The van der Waals surface area contributed by atoms with E-state index in [0.717, 1.165) is 42.8 Å². The highest BCUT2D eigenvalue weighted by molar-refractivity contribution is 9.10. The van der Waals surface area contributed by atoms with Crippen LogP contribution in [0.2, 0.25) is 0 Å². The average molecular weight is 522 g/mol. The van der Waals surface area contributed by atoms with Crippen LogP contribution in [0.25, 0.3) is 15.9 Å². The molecule has 0 bridgehead atoms. The highest BCUT2D eigenvalue weighted by atomic mass is 79.9. The number of thioether (sulfide) groups is 2. The second kappa shape index (κ2) is 8.43. The number of benzene rings is 1. The summed E-state index contributed by atoms with van der Waals surface area (Å²) in [5.74, 6) is 1.32. The van der Waals surface area contributed by atoms with Crippen LogP contribution in [0.3, 0.4) is 0 Å². The van der Waals surface area contributed by atoms with Gasteiger partial charge in [-0.3, -0.25) is 0 Å². The number of fused-ring (bicyclic) bond motifs is 5. The van der Waals surface area contributed by atoms with Crippen LogP contribution in [0.1, 0.15) is 29.9 Å². The molecule has 4 heterocycles. The van der Waals surface area contributed by atoms with Gasteiger partial charge in [-0.15, -0.1) is 21.5 Å². The zero-order valence-corrected chi connectivity index (χ0v) is 20.9. The number of aromatic nitrogens is 4. The molecular formula is C21H21BrN4OS3. The second-order valence-corrected chi connectivity index (χ2v) is 11.4. The van der Waals surface area contributed by atoms with Gasteiger partial charge in [0.2, 0.25) is 0 Å². The Morgan fingerprint density at radius 1 is 1.23 bits per heavy atom. The van der Waals surface area contributed by atoms with Gasteiger partial charge >= 0.3 is 0 Å². The minimum Gasteiger partial charge on any atom is -0.372 e. The molecule has 0 radical (unpaired) electrons. The smallest absolute Gasteiger partial charge is 0.198 e.